The second-order valence-corrected chi connectivity index (χ2v) is 3.63. The second-order valence-electron chi connectivity index (χ2n) is 3.63. The number of pyridine rings is 1. The third kappa shape index (κ3) is 3.51. The van der Waals surface area contributed by atoms with Crippen molar-refractivity contribution in [2.24, 2.45) is 0 Å². The van der Waals surface area contributed by atoms with Gasteiger partial charge in [0.2, 0.25) is 0 Å². The SMILES string of the molecule is CCCN(CC)c1ccc(CNC)cn1. The Bertz CT molecular complexity index is 269. The van der Waals surface area contributed by atoms with Crippen LogP contribution in [0.15, 0.2) is 18.3 Å². The van der Waals surface area contributed by atoms with E-state index in [2.05, 4.69) is 41.2 Å². The van der Waals surface area contributed by atoms with Crippen LogP contribution in [0.3, 0.4) is 0 Å². The molecule has 0 radical (unpaired) electrons. The molecule has 1 aromatic heterocycles. The van der Waals surface area contributed by atoms with Gasteiger partial charge in [0, 0.05) is 25.8 Å². The molecule has 0 unspecified atom stereocenters. The fourth-order valence-corrected chi connectivity index (χ4v) is 1.62. The number of nitrogens with one attached hydrogen (secondary N) is 1. The third-order valence-corrected chi connectivity index (χ3v) is 2.39. The molecule has 0 spiro atoms. The smallest absolute Gasteiger partial charge is 0.128 e. The summed E-state index contributed by atoms with van der Waals surface area (Å²) < 4.78 is 0. The summed E-state index contributed by atoms with van der Waals surface area (Å²) in [4.78, 5) is 6.77. The standard InChI is InChI=1S/C12H21N3/c1-4-8-15(5-2)12-7-6-11(9-13-3)10-14-12/h6-7,10,13H,4-5,8-9H2,1-3H3. The van der Waals surface area contributed by atoms with E-state index in [1.165, 1.54) is 5.56 Å². The number of nitrogens with zero attached hydrogens (tertiary/aromatic N) is 2. The van der Waals surface area contributed by atoms with Crippen molar-refractivity contribution >= 4 is 5.82 Å². The van der Waals surface area contributed by atoms with Gasteiger partial charge >= 0.3 is 0 Å². The number of anilines is 1. The maximum Gasteiger partial charge on any atom is 0.128 e. The minimum absolute atomic E-state index is 0.882. The van der Waals surface area contributed by atoms with Crippen LogP contribution in [0.2, 0.25) is 0 Å². The van der Waals surface area contributed by atoms with Crippen molar-refractivity contribution in [1.82, 2.24) is 10.3 Å². The Balaban J connectivity index is 2.68. The van der Waals surface area contributed by atoms with Crippen LogP contribution in [0.25, 0.3) is 0 Å². The van der Waals surface area contributed by atoms with E-state index in [1.807, 2.05) is 13.2 Å². The lowest BCUT2D eigenvalue weighted by Gasteiger charge is -2.21. The molecular formula is C12H21N3. The van der Waals surface area contributed by atoms with Crippen LogP contribution in [0, 0.1) is 0 Å². The fraction of sp³-hybridized carbons (Fsp3) is 0.583. The first-order chi connectivity index (χ1) is 7.31. The molecule has 1 rings (SSSR count). The highest BCUT2D eigenvalue weighted by Gasteiger charge is 2.03. The van der Waals surface area contributed by atoms with E-state index in [1.54, 1.807) is 0 Å². The lowest BCUT2D eigenvalue weighted by molar-refractivity contribution is 0.773. The number of aromatic nitrogens is 1. The van der Waals surface area contributed by atoms with E-state index in [0.717, 1.165) is 31.9 Å². The van der Waals surface area contributed by atoms with Gasteiger partial charge in [-0.3, -0.25) is 0 Å². The molecule has 0 amide bonds. The van der Waals surface area contributed by atoms with Crippen molar-refractivity contribution in [2.75, 3.05) is 25.0 Å². The van der Waals surface area contributed by atoms with E-state index in [-0.39, 0.29) is 0 Å². The van der Waals surface area contributed by atoms with Gasteiger partial charge in [0.05, 0.1) is 0 Å². The molecular weight excluding hydrogens is 186 g/mol. The number of hydrogen-bond donors (Lipinski definition) is 1. The summed E-state index contributed by atoms with van der Waals surface area (Å²) in [5.41, 5.74) is 1.23. The topological polar surface area (TPSA) is 28.2 Å². The molecule has 1 N–H and O–H groups in total. The van der Waals surface area contributed by atoms with Crippen molar-refractivity contribution in [3.63, 3.8) is 0 Å². The Morgan fingerprint density at radius 2 is 2.13 bits per heavy atom. The Morgan fingerprint density at radius 3 is 2.60 bits per heavy atom. The Morgan fingerprint density at radius 1 is 1.33 bits per heavy atom. The quantitative estimate of drug-likeness (QED) is 0.773. The zero-order valence-electron chi connectivity index (χ0n) is 9.95. The highest BCUT2D eigenvalue weighted by molar-refractivity contribution is 5.38. The van der Waals surface area contributed by atoms with Gasteiger partial charge in [0.15, 0.2) is 0 Å². The van der Waals surface area contributed by atoms with Crippen LogP contribution < -0.4 is 10.2 Å². The molecule has 0 aliphatic rings. The predicted molar refractivity (Wildman–Crippen MR) is 65.2 cm³/mol. The van der Waals surface area contributed by atoms with Gasteiger partial charge in [0.1, 0.15) is 5.82 Å². The van der Waals surface area contributed by atoms with Gasteiger partial charge in [-0.15, -0.1) is 0 Å². The van der Waals surface area contributed by atoms with E-state index in [9.17, 15) is 0 Å². The Hall–Kier alpha value is -1.09. The van der Waals surface area contributed by atoms with E-state index >= 15 is 0 Å². The molecule has 0 fully saturated rings. The second kappa shape index (κ2) is 6.40. The summed E-state index contributed by atoms with van der Waals surface area (Å²) in [6.07, 6.45) is 3.11. The summed E-state index contributed by atoms with van der Waals surface area (Å²) in [7, 11) is 1.95. The molecule has 15 heavy (non-hydrogen) atoms. The maximum absolute atomic E-state index is 4.47. The summed E-state index contributed by atoms with van der Waals surface area (Å²) in [6, 6.07) is 4.24. The van der Waals surface area contributed by atoms with Crippen LogP contribution >= 0.6 is 0 Å². The van der Waals surface area contributed by atoms with Crippen LogP contribution in [0.4, 0.5) is 5.82 Å². The Kier molecular flexibility index (Phi) is 5.12. The summed E-state index contributed by atoms with van der Waals surface area (Å²) in [5.74, 6) is 1.08. The summed E-state index contributed by atoms with van der Waals surface area (Å²) >= 11 is 0. The maximum atomic E-state index is 4.47. The van der Waals surface area contributed by atoms with Crippen molar-refractivity contribution in [2.45, 2.75) is 26.8 Å². The van der Waals surface area contributed by atoms with Crippen molar-refractivity contribution in [3.8, 4) is 0 Å². The van der Waals surface area contributed by atoms with Crippen molar-refractivity contribution in [1.29, 1.82) is 0 Å². The molecule has 1 heterocycles. The highest BCUT2D eigenvalue weighted by atomic mass is 15.2. The largest absolute Gasteiger partial charge is 0.357 e. The first kappa shape index (κ1) is 12.0. The molecule has 0 aromatic carbocycles. The minimum Gasteiger partial charge on any atom is -0.357 e. The van der Waals surface area contributed by atoms with E-state index in [4.69, 9.17) is 0 Å². The van der Waals surface area contributed by atoms with Gasteiger partial charge in [-0.1, -0.05) is 13.0 Å². The molecule has 0 atom stereocenters. The monoisotopic (exact) mass is 207 g/mol. The summed E-state index contributed by atoms with van der Waals surface area (Å²) in [5, 5.41) is 3.12. The van der Waals surface area contributed by atoms with E-state index < -0.39 is 0 Å². The third-order valence-electron chi connectivity index (χ3n) is 2.39. The zero-order chi connectivity index (χ0) is 11.1. The first-order valence-corrected chi connectivity index (χ1v) is 5.66. The zero-order valence-corrected chi connectivity index (χ0v) is 9.95. The minimum atomic E-state index is 0.882. The highest BCUT2D eigenvalue weighted by Crippen LogP contribution is 2.11. The van der Waals surface area contributed by atoms with Crippen LogP contribution in [-0.4, -0.2) is 25.1 Å². The molecule has 3 heteroatoms. The normalized spacial score (nSPS) is 10.3. The Labute approximate surface area is 92.5 Å². The number of hydrogen-bond acceptors (Lipinski definition) is 3. The average Bonchev–Trinajstić information content (AvgIpc) is 2.28. The molecule has 3 nitrogen and oxygen atoms in total. The van der Waals surface area contributed by atoms with Gasteiger partial charge in [-0.05, 0) is 32.0 Å². The first-order valence-electron chi connectivity index (χ1n) is 5.66. The fourth-order valence-electron chi connectivity index (χ4n) is 1.62. The van der Waals surface area contributed by atoms with E-state index in [0.29, 0.717) is 0 Å². The predicted octanol–water partition coefficient (Wildman–Crippen LogP) is 2.04. The summed E-state index contributed by atoms with van der Waals surface area (Å²) in [6.45, 7) is 7.34. The van der Waals surface area contributed by atoms with Crippen molar-refractivity contribution in [3.05, 3.63) is 23.9 Å². The van der Waals surface area contributed by atoms with Gasteiger partial charge in [-0.2, -0.15) is 0 Å². The number of rotatable bonds is 6. The van der Waals surface area contributed by atoms with Gasteiger partial charge < -0.3 is 10.2 Å². The van der Waals surface area contributed by atoms with Crippen LogP contribution in [0.1, 0.15) is 25.8 Å². The van der Waals surface area contributed by atoms with Gasteiger partial charge in [-0.25, -0.2) is 4.98 Å². The van der Waals surface area contributed by atoms with Gasteiger partial charge in [0.25, 0.3) is 0 Å². The van der Waals surface area contributed by atoms with Crippen LogP contribution in [-0.2, 0) is 6.54 Å². The molecule has 0 bridgehead atoms. The molecule has 84 valence electrons. The lowest BCUT2D eigenvalue weighted by atomic mass is 10.2. The molecule has 0 saturated heterocycles. The molecule has 0 saturated carbocycles. The molecule has 1 aromatic rings. The average molecular weight is 207 g/mol. The molecule has 0 aliphatic carbocycles. The van der Waals surface area contributed by atoms with Crippen molar-refractivity contribution < 1.29 is 0 Å². The lowest BCUT2D eigenvalue weighted by Crippen LogP contribution is -2.24. The van der Waals surface area contributed by atoms with Crippen LogP contribution in [0.5, 0.6) is 0 Å². The molecule has 0 aliphatic heterocycles.